The van der Waals surface area contributed by atoms with E-state index in [1.54, 1.807) is 13.2 Å². The number of methoxy groups -OCH3 is 1. The molecule has 0 unspecified atom stereocenters. The molecule has 0 aliphatic heterocycles. The van der Waals surface area contributed by atoms with Crippen molar-refractivity contribution in [1.29, 1.82) is 0 Å². The Morgan fingerprint density at radius 2 is 2.29 bits per heavy atom. The molecule has 0 fully saturated rings. The molecule has 0 aliphatic carbocycles. The van der Waals surface area contributed by atoms with Gasteiger partial charge in [-0.3, -0.25) is 0 Å². The molecule has 0 atom stereocenters. The molecule has 0 aliphatic rings. The van der Waals surface area contributed by atoms with Gasteiger partial charge in [0.25, 0.3) is 0 Å². The summed E-state index contributed by atoms with van der Waals surface area (Å²) in [4.78, 5) is 0. The van der Waals surface area contributed by atoms with E-state index in [0.29, 0.717) is 18.8 Å². The highest BCUT2D eigenvalue weighted by Crippen LogP contribution is 2.18. The molecule has 1 rings (SSSR count). The molecule has 0 saturated heterocycles. The second kappa shape index (κ2) is 5.98. The standard InChI is InChI=1S/C10H13BrFNO/c1-14-6-2-5-13-10-4-3-8(11)7-9(10)12/h3-4,7,13H,2,5-6H2,1H3. The van der Waals surface area contributed by atoms with Gasteiger partial charge in [0.15, 0.2) is 0 Å². The maximum Gasteiger partial charge on any atom is 0.147 e. The monoisotopic (exact) mass is 261 g/mol. The molecule has 14 heavy (non-hydrogen) atoms. The van der Waals surface area contributed by atoms with Crippen molar-refractivity contribution in [3.05, 3.63) is 28.5 Å². The summed E-state index contributed by atoms with van der Waals surface area (Å²) in [6, 6.07) is 4.96. The van der Waals surface area contributed by atoms with E-state index in [9.17, 15) is 4.39 Å². The zero-order chi connectivity index (χ0) is 10.4. The third kappa shape index (κ3) is 3.64. The Hall–Kier alpha value is -0.610. The summed E-state index contributed by atoms with van der Waals surface area (Å²) in [6.07, 6.45) is 0.867. The molecule has 0 spiro atoms. The topological polar surface area (TPSA) is 21.3 Å². The second-order valence-corrected chi connectivity index (χ2v) is 3.81. The Morgan fingerprint density at radius 1 is 1.50 bits per heavy atom. The lowest BCUT2D eigenvalue weighted by Crippen LogP contribution is -2.05. The molecule has 0 amide bonds. The van der Waals surface area contributed by atoms with Crippen LogP contribution in [0.3, 0.4) is 0 Å². The van der Waals surface area contributed by atoms with Gasteiger partial charge >= 0.3 is 0 Å². The van der Waals surface area contributed by atoms with Crippen LogP contribution in [0.4, 0.5) is 10.1 Å². The van der Waals surface area contributed by atoms with E-state index in [4.69, 9.17) is 4.74 Å². The number of rotatable bonds is 5. The lowest BCUT2D eigenvalue weighted by Gasteiger charge is -2.07. The predicted molar refractivity (Wildman–Crippen MR) is 59.1 cm³/mol. The Labute approximate surface area is 91.6 Å². The van der Waals surface area contributed by atoms with Crippen molar-refractivity contribution < 1.29 is 9.13 Å². The Bertz CT molecular complexity index is 293. The maximum atomic E-state index is 13.2. The summed E-state index contributed by atoms with van der Waals surface area (Å²) in [5, 5.41) is 3.00. The largest absolute Gasteiger partial charge is 0.385 e. The fourth-order valence-corrected chi connectivity index (χ4v) is 1.41. The molecule has 0 bridgehead atoms. The number of halogens is 2. The average molecular weight is 262 g/mol. The van der Waals surface area contributed by atoms with Crippen molar-refractivity contribution >= 4 is 21.6 Å². The van der Waals surface area contributed by atoms with Gasteiger partial charge in [0.1, 0.15) is 5.82 Å². The predicted octanol–water partition coefficient (Wildman–Crippen LogP) is 3.04. The van der Waals surface area contributed by atoms with Crippen LogP contribution in [0, 0.1) is 5.82 Å². The summed E-state index contributed by atoms with van der Waals surface area (Å²) >= 11 is 3.20. The van der Waals surface area contributed by atoms with Crippen LogP contribution in [0.25, 0.3) is 0 Å². The molecule has 4 heteroatoms. The first kappa shape index (κ1) is 11.5. The van der Waals surface area contributed by atoms with E-state index < -0.39 is 0 Å². The van der Waals surface area contributed by atoms with Gasteiger partial charge in [-0.05, 0) is 24.6 Å². The van der Waals surface area contributed by atoms with Gasteiger partial charge in [-0.25, -0.2) is 4.39 Å². The molecule has 1 aromatic carbocycles. The summed E-state index contributed by atoms with van der Waals surface area (Å²) < 4.78 is 18.9. The number of anilines is 1. The van der Waals surface area contributed by atoms with E-state index in [1.807, 2.05) is 6.07 Å². The highest BCUT2D eigenvalue weighted by Gasteiger charge is 2.00. The van der Waals surface area contributed by atoms with Gasteiger partial charge in [0.2, 0.25) is 0 Å². The first-order valence-electron chi connectivity index (χ1n) is 4.42. The molecule has 0 heterocycles. The van der Waals surface area contributed by atoms with Crippen LogP contribution in [-0.4, -0.2) is 20.3 Å². The minimum atomic E-state index is -0.239. The average Bonchev–Trinajstić information content (AvgIpc) is 2.15. The van der Waals surface area contributed by atoms with E-state index in [-0.39, 0.29) is 5.82 Å². The molecule has 1 aromatic rings. The van der Waals surface area contributed by atoms with Crippen molar-refractivity contribution in [3.63, 3.8) is 0 Å². The highest BCUT2D eigenvalue weighted by molar-refractivity contribution is 9.10. The molecule has 0 radical (unpaired) electrons. The smallest absolute Gasteiger partial charge is 0.147 e. The zero-order valence-corrected chi connectivity index (χ0v) is 9.60. The number of nitrogens with one attached hydrogen (secondary N) is 1. The third-order valence-corrected chi connectivity index (χ3v) is 2.27. The van der Waals surface area contributed by atoms with Crippen LogP contribution in [-0.2, 0) is 4.74 Å². The molecular formula is C10H13BrFNO. The minimum absolute atomic E-state index is 0.239. The highest BCUT2D eigenvalue weighted by atomic mass is 79.9. The fourth-order valence-electron chi connectivity index (χ4n) is 1.07. The van der Waals surface area contributed by atoms with Crippen LogP contribution in [0.5, 0.6) is 0 Å². The van der Waals surface area contributed by atoms with Gasteiger partial charge in [-0.2, -0.15) is 0 Å². The summed E-state index contributed by atoms with van der Waals surface area (Å²) in [5.74, 6) is -0.239. The minimum Gasteiger partial charge on any atom is -0.385 e. The Morgan fingerprint density at radius 3 is 2.93 bits per heavy atom. The molecule has 78 valence electrons. The molecule has 0 aromatic heterocycles. The van der Waals surface area contributed by atoms with Gasteiger partial charge < -0.3 is 10.1 Å². The van der Waals surface area contributed by atoms with Gasteiger partial charge in [0, 0.05) is 24.7 Å². The van der Waals surface area contributed by atoms with Gasteiger partial charge in [-0.15, -0.1) is 0 Å². The van der Waals surface area contributed by atoms with Crippen molar-refractivity contribution in [2.24, 2.45) is 0 Å². The normalized spacial score (nSPS) is 10.2. The second-order valence-electron chi connectivity index (χ2n) is 2.90. The molecule has 0 saturated carbocycles. The third-order valence-electron chi connectivity index (χ3n) is 1.77. The van der Waals surface area contributed by atoms with Gasteiger partial charge in [0.05, 0.1) is 5.69 Å². The molecule has 1 N–H and O–H groups in total. The van der Waals surface area contributed by atoms with E-state index >= 15 is 0 Å². The Kier molecular flexibility index (Phi) is 4.90. The first-order chi connectivity index (χ1) is 6.74. The lowest BCUT2D eigenvalue weighted by atomic mass is 10.3. The van der Waals surface area contributed by atoms with Crippen molar-refractivity contribution in [2.45, 2.75) is 6.42 Å². The summed E-state index contributed by atoms with van der Waals surface area (Å²) in [7, 11) is 1.65. The van der Waals surface area contributed by atoms with Crippen molar-refractivity contribution in [3.8, 4) is 0 Å². The Balaban J connectivity index is 2.42. The van der Waals surface area contributed by atoms with Crippen LogP contribution in [0.15, 0.2) is 22.7 Å². The van der Waals surface area contributed by atoms with Crippen LogP contribution < -0.4 is 5.32 Å². The number of ether oxygens (including phenoxy) is 1. The summed E-state index contributed by atoms with van der Waals surface area (Å²) in [5.41, 5.74) is 0.532. The van der Waals surface area contributed by atoms with Crippen LogP contribution >= 0.6 is 15.9 Å². The van der Waals surface area contributed by atoms with Gasteiger partial charge in [-0.1, -0.05) is 15.9 Å². The lowest BCUT2D eigenvalue weighted by molar-refractivity contribution is 0.197. The number of hydrogen-bond donors (Lipinski definition) is 1. The van der Waals surface area contributed by atoms with E-state index in [1.165, 1.54) is 6.07 Å². The number of benzene rings is 1. The fraction of sp³-hybridized carbons (Fsp3) is 0.400. The molecular weight excluding hydrogens is 249 g/mol. The number of hydrogen-bond acceptors (Lipinski definition) is 2. The van der Waals surface area contributed by atoms with Crippen molar-refractivity contribution in [2.75, 3.05) is 25.6 Å². The van der Waals surface area contributed by atoms with E-state index in [0.717, 1.165) is 10.9 Å². The van der Waals surface area contributed by atoms with Crippen LogP contribution in [0.1, 0.15) is 6.42 Å². The molecule has 2 nitrogen and oxygen atoms in total. The quantitative estimate of drug-likeness (QED) is 0.823. The van der Waals surface area contributed by atoms with E-state index in [2.05, 4.69) is 21.2 Å². The maximum absolute atomic E-state index is 13.2. The first-order valence-corrected chi connectivity index (χ1v) is 5.21. The van der Waals surface area contributed by atoms with Crippen LogP contribution in [0.2, 0.25) is 0 Å². The van der Waals surface area contributed by atoms with Crippen molar-refractivity contribution in [1.82, 2.24) is 0 Å². The summed E-state index contributed by atoms with van der Waals surface area (Å²) in [6.45, 7) is 1.40. The SMILES string of the molecule is COCCCNc1ccc(Br)cc1F. The zero-order valence-electron chi connectivity index (χ0n) is 8.02.